The van der Waals surface area contributed by atoms with Crippen molar-refractivity contribution in [3.63, 3.8) is 0 Å². The van der Waals surface area contributed by atoms with Crippen molar-refractivity contribution in [2.75, 3.05) is 13.7 Å². The first kappa shape index (κ1) is 42.4. The molecule has 2 aliphatic carbocycles. The number of pyridine rings is 1. The molecule has 2 aliphatic heterocycles. The van der Waals surface area contributed by atoms with Crippen LogP contribution in [-0.4, -0.2) is 71.9 Å². The molecule has 3 fully saturated rings. The van der Waals surface area contributed by atoms with Crippen molar-refractivity contribution in [2.45, 2.75) is 115 Å². The molecule has 11 nitrogen and oxygen atoms in total. The number of rotatable bonds is 10. The summed E-state index contributed by atoms with van der Waals surface area (Å²) in [4.78, 5) is 55.3. The highest BCUT2D eigenvalue weighted by Crippen LogP contribution is 2.57. The molecule has 2 amide bonds. The zero-order chi connectivity index (χ0) is 42.3. The van der Waals surface area contributed by atoms with Gasteiger partial charge < -0.3 is 14.4 Å². The number of allylic oxidation sites excluding steroid dienone is 2. The van der Waals surface area contributed by atoms with E-state index in [2.05, 4.69) is 24.6 Å². The van der Waals surface area contributed by atoms with Crippen LogP contribution in [-0.2, 0) is 30.8 Å². The lowest BCUT2D eigenvalue weighted by Gasteiger charge is -2.29. The largest absolute Gasteiger partial charge is 0.496 e. The number of ether oxygens (including phenoxy) is 2. The van der Waals surface area contributed by atoms with E-state index in [1.54, 1.807) is 12.0 Å². The Morgan fingerprint density at radius 1 is 1.07 bits per heavy atom. The number of carbonyl (C=O) groups excluding carboxylic acids is 3. The third-order valence-electron chi connectivity index (χ3n) is 12.7. The lowest BCUT2D eigenvalue weighted by molar-refractivity contribution is -0.142. The molecule has 0 spiro atoms. The Morgan fingerprint density at radius 2 is 1.88 bits per heavy atom. The molecule has 2 aromatic heterocycles. The fourth-order valence-electron chi connectivity index (χ4n) is 8.94. The van der Waals surface area contributed by atoms with Gasteiger partial charge in [-0.2, -0.15) is 0 Å². The summed E-state index contributed by atoms with van der Waals surface area (Å²) < 4.78 is 40.9. The molecule has 318 valence electrons. The first-order valence-electron chi connectivity index (χ1n) is 21.2. The second kappa shape index (κ2) is 17.2. The van der Waals surface area contributed by atoms with E-state index in [4.69, 9.17) is 31.0 Å². The van der Waals surface area contributed by atoms with Crippen LogP contribution in [0.5, 0.6) is 11.6 Å². The monoisotopic (exact) mass is 872 g/mol. The van der Waals surface area contributed by atoms with Crippen molar-refractivity contribution in [3.8, 4) is 22.3 Å². The molecular weight excluding hydrogens is 820 g/mol. The van der Waals surface area contributed by atoms with Gasteiger partial charge in [-0.3, -0.25) is 19.1 Å². The first-order chi connectivity index (χ1) is 28.8. The average Bonchev–Trinajstić information content (AvgIpc) is 4.09. The molecule has 1 saturated heterocycles. The summed E-state index contributed by atoms with van der Waals surface area (Å²) in [7, 11) is -2.20. The predicted molar refractivity (Wildman–Crippen MR) is 234 cm³/mol. The van der Waals surface area contributed by atoms with Crippen LogP contribution in [0.2, 0.25) is 5.02 Å². The number of ketones is 1. The summed E-state index contributed by atoms with van der Waals surface area (Å²) in [5.41, 5.74) is 2.25. The normalized spacial score (nSPS) is 25.6. The summed E-state index contributed by atoms with van der Waals surface area (Å²) in [5.74, 6) is -0.443. The summed E-state index contributed by atoms with van der Waals surface area (Å²) in [6.45, 7) is 6.32. The second-order valence-electron chi connectivity index (χ2n) is 17.4. The minimum atomic E-state index is -3.84. The van der Waals surface area contributed by atoms with E-state index in [-0.39, 0.29) is 42.9 Å². The number of amides is 2. The van der Waals surface area contributed by atoms with E-state index in [9.17, 15) is 22.8 Å². The van der Waals surface area contributed by atoms with Crippen LogP contribution in [0.25, 0.3) is 21.5 Å². The smallest absolute Gasteiger partial charge is 0.240 e. The van der Waals surface area contributed by atoms with Crippen molar-refractivity contribution in [2.24, 2.45) is 17.3 Å². The Labute approximate surface area is 361 Å². The zero-order valence-electron chi connectivity index (χ0n) is 34.6. The number of Topliss-reactive ketones (excluding diaryl/α,β-unsaturated/α-hetero) is 1. The van der Waals surface area contributed by atoms with Crippen LogP contribution >= 0.6 is 22.9 Å². The van der Waals surface area contributed by atoms with E-state index in [0.29, 0.717) is 48.7 Å². The van der Waals surface area contributed by atoms with Gasteiger partial charge in [0, 0.05) is 34.5 Å². The number of aryl methyl sites for hydroxylation is 1. The number of thiazole rings is 1. The minimum Gasteiger partial charge on any atom is -0.496 e. The number of methoxy groups -OCH3 is 1. The van der Waals surface area contributed by atoms with Crippen molar-refractivity contribution < 1.29 is 32.3 Å². The fraction of sp³-hybridized carbons (Fsp3) is 0.500. The van der Waals surface area contributed by atoms with Crippen LogP contribution < -0.4 is 14.2 Å². The molecule has 14 heteroatoms. The van der Waals surface area contributed by atoms with Gasteiger partial charge in [-0.1, -0.05) is 62.6 Å². The number of aromatic nitrogens is 2. The van der Waals surface area contributed by atoms with E-state index >= 15 is 0 Å². The molecule has 4 aromatic rings. The highest BCUT2D eigenvalue weighted by molar-refractivity contribution is 7.90. The number of hydrogen-bond acceptors (Lipinski definition) is 10. The number of hydrogen-bond donors (Lipinski definition) is 1. The molecule has 2 aromatic carbocycles. The third-order valence-corrected chi connectivity index (χ3v) is 15.7. The number of fused-ring (bicyclic) bond motifs is 3. The average molecular weight is 874 g/mol. The number of halogens is 1. The van der Waals surface area contributed by atoms with Crippen LogP contribution in [0.1, 0.15) is 101 Å². The van der Waals surface area contributed by atoms with Crippen LogP contribution in [0.4, 0.5) is 0 Å². The highest BCUT2D eigenvalue weighted by atomic mass is 35.5. The van der Waals surface area contributed by atoms with Gasteiger partial charge in [0.2, 0.25) is 27.7 Å². The number of nitrogens with one attached hydrogen (secondary N) is 1. The Bertz CT molecular complexity index is 2450. The SMILES string of the molecule is COc1ccc2c(O[C@@H]3C[C@H]4C(=O)C[C@]5(C(=O)NS(=O)(=O)C6CC6)C[C@H]5/C=C\CCCCC[C@H](Cc5cccc(Cl)c5)C(=O)N4C3)nc(-c3nc(C(C)C)cs3)cc2c1C. The number of sulfonamides is 1. The topological polar surface area (TPSA) is 145 Å². The van der Waals surface area contributed by atoms with E-state index in [0.717, 1.165) is 64.0 Å². The summed E-state index contributed by atoms with van der Waals surface area (Å²) in [6.07, 6.45) is 9.32. The van der Waals surface area contributed by atoms with Crippen LogP contribution in [0, 0.1) is 24.2 Å². The number of nitrogens with zero attached hydrogens (tertiary/aromatic N) is 3. The molecule has 4 aliphatic rings. The summed E-state index contributed by atoms with van der Waals surface area (Å²) >= 11 is 7.91. The molecule has 4 heterocycles. The molecule has 5 atom stereocenters. The Balaban J connectivity index is 1.15. The summed E-state index contributed by atoms with van der Waals surface area (Å²) in [5, 5.41) is 4.45. The van der Waals surface area contributed by atoms with E-state index in [1.807, 2.05) is 60.8 Å². The van der Waals surface area contributed by atoms with Crippen molar-refractivity contribution in [1.82, 2.24) is 19.6 Å². The quantitative estimate of drug-likeness (QED) is 0.155. The molecule has 0 unspecified atom stereocenters. The molecule has 60 heavy (non-hydrogen) atoms. The fourth-order valence-corrected chi connectivity index (χ4v) is 11.5. The van der Waals surface area contributed by atoms with Gasteiger partial charge in [-0.05, 0) is 111 Å². The minimum absolute atomic E-state index is 0.136. The van der Waals surface area contributed by atoms with Gasteiger partial charge in [0.05, 0.1) is 36.1 Å². The Hall–Kier alpha value is -4.33. The van der Waals surface area contributed by atoms with Crippen molar-refractivity contribution >= 4 is 61.3 Å². The molecule has 0 bridgehead atoms. The van der Waals surface area contributed by atoms with E-state index in [1.165, 1.54) is 11.3 Å². The molecule has 8 rings (SSSR count). The first-order valence-corrected chi connectivity index (χ1v) is 24.0. The maximum absolute atomic E-state index is 15.0. The lowest BCUT2D eigenvalue weighted by atomic mass is 9.90. The second-order valence-corrected chi connectivity index (χ2v) is 20.7. The Kier molecular flexibility index (Phi) is 12.1. The van der Waals surface area contributed by atoms with Gasteiger partial charge in [-0.15, -0.1) is 11.3 Å². The molecule has 2 saturated carbocycles. The highest BCUT2D eigenvalue weighted by Gasteiger charge is 2.61. The van der Waals surface area contributed by atoms with E-state index < -0.39 is 44.7 Å². The molecule has 1 N–H and O–H groups in total. The third kappa shape index (κ3) is 8.85. The maximum Gasteiger partial charge on any atom is 0.240 e. The number of carbonyl (C=O) groups is 3. The lowest BCUT2D eigenvalue weighted by Crippen LogP contribution is -2.46. The van der Waals surface area contributed by atoms with Gasteiger partial charge >= 0.3 is 0 Å². The van der Waals surface area contributed by atoms with Gasteiger partial charge in [-0.25, -0.2) is 18.4 Å². The van der Waals surface area contributed by atoms with Gasteiger partial charge in [0.15, 0.2) is 5.78 Å². The zero-order valence-corrected chi connectivity index (χ0v) is 37.0. The van der Waals surface area contributed by atoms with Crippen molar-refractivity contribution in [1.29, 1.82) is 0 Å². The Morgan fingerprint density at radius 3 is 2.62 bits per heavy atom. The molecular formula is C46H53ClN4O7S2. The van der Waals surface area contributed by atoms with Crippen molar-refractivity contribution in [3.05, 3.63) is 81.8 Å². The van der Waals surface area contributed by atoms with Crippen LogP contribution in [0.15, 0.2) is 60.0 Å². The van der Waals surface area contributed by atoms with Crippen LogP contribution in [0.3, 0.4) is 0 Å². The standard InChI is InChI=1S/C46H53ClN4O7S2/c1-27(2)38-26-59-43(49-38)37-22-36-28(3)41(57-4)18-17-35(36)42(48-37)58-33-21-39-40(52)24-46(45(54)50-60(55,56)34-15-16-34)23-31(46)13-9-7-5-6-8-12-30(44(53)51(39)25-33)19-29-11-10-14-32(47)20-29/h9-11,13-14,17-18,20,22,26-27,30-31,33-34,39H,5-8,12,15-16,19,21,23-25H2,1-4H3,(H,50,54)/b13-9-/t30-,31-,33-,39+,46-/m1/s1. The van der Waals surface area contributed by atoms with Gasteiger partial charge in [0.1, 0.15) is 22.6 Å². The maximum atomic E-state index is 15.0. The summed E-state index contributed by atoms with van der Waals surface area (Å²) in [6, 6.07) is 12.4. The number of benzene rings is 2. The van der Waals surface area contributed by atoms with Gasteiger partial charge in [0.25, 0.3) is 0 Å². The predicted octanol–water partition coefficient (Wildman–Crippen LogP) is 8.75. The molecule has 0 radical (unpaired) electrons.